The number of benzene rings is 1. The van der Waals surface area contributed by atoms with Gasteiger partial charge >= 0.3 is 0 Å². The number of aryl methyl sites for hydroxylation is 1. The lowest BCUT2D eigenvalue weighted by molar-refractivity contribution is 0.102. The number of halogens is 1. The summed E-state index contributed by atoms with van der Waals surface area (Å²) in [6.07, 6.45) is 0. The zero-order valence-electron chi connectivity index (χ0n) is 7.67. The zero-order valence-corrected chi connectivity index (χ0v) is 8.43. The van der Waals surface area contributed by atoms with Crippen molar-refractivity contribution in [2.75, 3.05) is 11.6 Å². The highest BCUT2D eigenvalue weighted by Gasteiger charge is 2.11. The van der Waals surface area contributed by atoms with Gasteiger partial charge in [-0.05, 0) is 24.6 Å². The molecule has 2 N–H and O–H groups in total. The Balaban J connectivity index is 3.36. The Morgan fingerprint density at radius 3 is 2.79 bits per heavy atom. The molecule has 0 saturated carbocycles. The third-order valence-electron chi connectivity index (χ3n) is 1.95. The molecule has 4 heteroatoms. The molecular weight excluding hydrogens is 200 g/mol. The molecule has 1 rings (SSSR count). The summed E-state index contributed by atoms with van der Waals surface area (Å²) in [5.74, 6) is -0.385. The van der Waals surface area contributed by atoms with Crippen LogP contribution < -0.4 is 5.73 Å². The first kappa shape index (κ1) is 10.6. The first-order valence-electron chi connectivity index (χ1n) is 3.99. The van der Waals surface area contributed by atoms with Gasteiger partial charge in [-0.2, -0.15) is 5.26 Å². The summed E-state index contributed by atoms with van der Waals surface area (Å²) in [6.45, 7) is 1.78. The van der Waals surface area contributed by atoms with E-state index in [4.69, 9.17) is 22.6 Å². The Morgan fingerprint density at radius 2 is 2.29 bits per heavy atom. The highest BCUT2D eigenvalue weighted by Crippen LogP contribution is 2.18. The van der Waals surface area contributed by atoms with Gasteiger partial charge in [-0.3, -0.25) is 4.79 Å². The largest absolute Gasteiger partial charge is 0.398 e. The normalized spacial score (nSPS) is 9.50. The monoisotopic (exact) mass is 208 g/mol. The molecular formula is C10H9ClN2O. The summed E-state index contributed by atoms with van der Waals surface area (Å²) in [5, 5.41) is 8.78. The number of carbonyl (C=O) groups excluding carboxylic acids is 1. The summed E-state index contributed by atoms with van der Waals surface area (Å²) < 4.78 is 0. The maximum atomic E-state index is 11.3. The first-order valence-corrected chi connectivity index (χ1v) is 4.53. The summed E-state index contributed by atoms with van der Waals surface area (Å²) in [5.41, 5.74) is 7.51. The number of rotatable bonds is 2. The van der Waals surface area contributed by atoms with E-state index in [1.54, 1.807) is 13.0 Å². The molecule has 3 nitrogen and oxygen atoms in total. The van der Waals surface area contributed by atoms with E-state index in [2.05, 4.69) is 0 Å². The van der Waals surface area contributed by atoms with Crippen molar-refractivity contribution in [3.63, 3.8) is 0 Å². The van der Waals surface area contributed by atoms with E-state index >= 15 is 0 Å². The van der Waals surface area contributed by atoms with Crippen LogP contribution in [-0.2, 0) is 0 Å². The molecule has 14 heavy (non-hydrogen) atoms. The minimum atomic E-state index is -0.258. The number of nitrogens with two attached hydrogens (primary N) is 1. The number of hydrogen-bond donors (Lipinski definition) is 1. The van der Waals surface area contributed by atoms with E-state index < -0.39 is 0 Å². The van der Waals surface area contributed by atoms with Crippen molar-refractivity contribution in [3.05, 3.63) is 28.8 Å². The van der Waals surface area contributed by atoms with Crippen LogP contribution in [0.5, 0.6) is 0 Å². The van der Waals surface area contributed by atoms with Crippen molar-refractivity contribution in [1.29, 1.82) is 5.26 Å². The second-order valence-electron chi connectivity index (χ2n) is 2.92. The van der Waals surface area contributed by atoms with E-state index in [1.165, 1.54) is 6.07 Å². The van der Waals surface area contributed by atoms with E-state index in [9.17, 15) is 4.79 Å². The highest BCUT2D eigenvalue weighted by atomic mass is 35.5. The average Bonchev–Trinajstić information content (AvgIpc) is 2.20. The van der Waals surface area contributed by atoms with Crippen LogP contribution in [0.15, 0.2) is 12.1 Å². The fourth-order valence-corrected chi connectivity index (χ4v) is 1.26. The van der Waals surface area contributed by atoms with Gasteiger partial charge in [-0.25, -0.2) is 0 Å². The van der Waals surface area contributed by atoms with Gasteiger partial charge in [-0.1, -0.05) is 0 Å². The van der Waals surface area contributed by atoms with Crippen LogP contribution in [0.3, 0.4) is 0 Å². The van der Waals surface area contributed by atoms with Crippen molar-refractivity contribution in [3.8, 4) is 6.07 Å². The number of alkyl halides is 1. The molecule has 0 radical (unpaired) electrons. The number of nitrogens with zero attached hydrogens (tertiary/aromatic N) is 1. The topological polar surface area (TPSA) is 66.9 Å². The van der Waals surface area contributed by atoms with Crippen molar-refractivity contribution in [1.82, 2.24) is 0 Å². The first-order chi connectivity index (χ1) is 6.60. The van der Waals surface area contributed by atoms with Gasteiger partial charge in [0.1, 0.15) is 0 Å². The highest BCUT2D eigenvalue weighted by molar-refractivity contribution is 6.30. The van der Waals surface area contributed by atoms with Crippen LogP contribution >= 0.6 is 11.6 Å². The van der Waals surface area contributed by atoms with E-state index in [-0.39, 0.29) is 17.2 Å². The number of ketones is 1. The van der Waals surface area contributed by atoms with Crippen LogP contribution in [-0.4, -0.2) is 11.7 Å². The van der Waals surface area contributed by atoms with Crippen LogP contribution in [0.1, 0.15) is 21.5 Å². The standard InChI is InChI=1S/C10H9ClN2O/c1-6-2-8(10(14)4-11)7(5-12)3-9(6)13/h2-3H,4,13H2,1H3. The Hall–Kier alpha value is -1.53. The molecule has 1 aromatic rings. The fraction of sp³-hybridized carbons (Fsp3) is 0.200. The van der Waals surface area contributed by atoms with Crippen molar-refractivity contribution in [2.24, 2.45) is 0 Å². The second-order valence-corrected chi connectivity index (χ2v) is 3.19. The number of carbonyl (C=O) groups is 1. The van der Waals surface area contributed by atoms with Gasteiger partial charge in [-0.15, -0.1) is 11.6 Å². The quantitative estimate of drug-likeness (QED) is 0.458. The molecule has 0 heterocycles. The summed E-state index contributed by atoms with van der Waals surface area (Å²) in [7, 11) is 0. The number of anilines is 1. The smallest absolute Gasteiger partial charge is 0.178 e. The lowest BCUT2D eigenvalue weighted by Crippen LogP contribution is -2.05. The van der Waals surface area contributed by atoms with Crippen LogP contribution in [0.4, 0.5) is 5.69 Å². The Labute approximate surface area is 87.1 Å². The molecule has 0 amide bonds. The molecule has 0 fully saturated rings. The Kier molecular flexibility index (Phi) is 3.10. The third kappa shape index (κ3) is 1.86. The molecule has 0 spiro atoms. The van der Waals surface area contributed by atoms with Crippen molar-refractivity contribution < 1.29 is 4.79 Å². The van der Waals surface area contributed by atoms with Crippen LogP contribution in [0.2, 0.25) is 0 Å². The van der Waals surface area contributed by atoms with Crippen molar-refractivity contribution in [2.45, 2.75) is 6.92 Å². The minimum Gasteiger partial charge on any atom is -0.398 e. The predicted molar refractivity (Wildman–Crippen MR) is 55.4 cm³/mol. The average molecular weight is 209 g/mol. The molecule has 1 aromatic carbocycles. The summed E-state index contributed by atoms with van der Waals surface area (Å²) in [6, 6.07) is 5.01. The number of nitriles is 1. The molecule has 0 atom stereocenters. The summed E-state index contributed by atoms with van der Waals surface area (Å²) >= 11 is 5.42. The SMILES string of the molecule is Cc1cc(C(=O)CCl)c(C#N)cc1N. The Morgan fingerprint density at radius 1 is 1.64 bits per heavy atom. The molecule has 0 aliphatic heterocycles. The second kappa shape index (κ2) is 4.12. The summed E-state index contributed by atoms with van der Waals surface area (Å²) in [4.78, 5) is 11.3. The molecule has 72 valence electrons. The van der Waals surface area contributed by atoms with Gasteiger partial charge in [0.15, 0.2) is 5.78 Å². The maximum absolute atomic E-state index is 11.3. The molecule has 0 bridgehead atoms. The fourth-order valence-electron chi connectivity index (χ4n) is 1.12. The third-order valence-corrected chi connectivity index (χ3v) is 2.19. The maximum Gasteiger partial charge on any atom is 0.178 e. The molecule has 0 aromatic heterocycles. The number of nitrogen functional groups attached to an aromatic ring is 1. The van der Waals surface area contributed by atoms with Gasteiger partial charge in [0.05, 0.1) is 17.5 Å². The van der Waals surface area contributed by atoms with Gasteiger partial charge in [0, 0.05) is 11.3 Å². The lowest BCUT2D eigenvalue weighted by atomic mass is 10.0. The predicted octanol–water partition coefficient (Wildman–Crippen LogP) is 1.87. The van der Waals surface area contributed by atoms with E-state index in [0.29, 0.717) is 11.3 Å². The minimum absolute atomic E-state index is 0.127. The molecule has 0 unspecified atom stereocenters. The number of Topliss-reactive ketones (excluding diaryl/α,β-unsaturated/α-hetero) is 1. The van der Waals surface area contributed by atoms with Gasteiger partial charge < -0.3 is 5.73 Å². The molecule has 0 aliphatic rings. The van der Waals surface area contributed by atoms with E-state index in [1.807, 2.05) is 6.07 Å². The van der Waals surface area contributed by atoms with Crippen LogP contribution in [0.25, 0.3) is 0 Å². The molecule has 0 aliphatic carbocycles. The van der Waals surface area contributed by atoms with E-state index in [0.717, 1.165) is 5.56 Å². The number of hydrogen-bond acceptors (Lipinski definition) is 3. The Bertz CT molecular complexity index is 421. The molecule has 0 saturated heterocycles. The lowest BCUT2D eigenvalue weighted by Gasteiger charge is -2.05. The van der Waals surface area contributed by atoms with Crippen molar-refractivity contribution >= 4 is 23.1 Å². The zero-order chi connectivity index (χ0) is 10.7. The van der Waals surface area contributed by atoms with Crippen LogP contribution in [0, 0.1) is 18.3 Å². The van der Waals surface area contributed by atoms with Gasteiger partial charge in [0.2, 0.25) is 0 Å². The van der Waals surface area contributed by atoms with Gasteiger partial charge in [0.25, 0.3) is 0 Å².